The highest BCUT2D eigenvalue weighted by Gasteiger charge is 2.09. The Morgan fingerprint density at radius 3 is 2.81 bits per heavy atom. The molecule has 0 aliphatic carbocycles. The Morgan fingerprint density at radius 2 is 2.06 bits per heavy atom. The van der Waals surface area contributed by atoms with Gasteiger partial charge in [-0.25, -0.2) is 4.39 Å². The highest BCUT2D eigenvalue weighted by atomic mass is 19.1. The molecule has 3 heteroatoms. The summed E-state index contributed by atoms with van der Waals surface area (Å²) in [7, 11) is 0. The minimum absolute atomic E-state index is 0.214. The van der Waals surface area contributed by atoms with Gasteiger partial charge in [-0.05, 0) is 37.2 Å². The molecule has 2 nitrogen and oxygen atoms in total. The third-order valence-corrected chi connectivity index (χ3v) is 2.59. The van der Waals surface area contributed by atoms with Crippen LogP contribution in [0.5, 0.6) is 0 Å². The molecule has 0 saturated carbocycles. The summed E-state index contributed by atoms with van der Waals surface area (Å²) in [4.78, 5) is 0. The number of hydrogen-bond acceptors (Lipinski definition) is 2. The van der Waals surface area contributed by atoms with E-state index in [1.807, 2.05) is 18.2 Å². The first-order chi connectivity index (χ1) is 7.72. The fourth-order valence-electron chi connectivity index (χ4n) is 1.67. The van der Waals surface area contributed by atoms with Crippen molar-refractivity contribution in [1.29, 1.82) is 0 Å². The third kappa shape index (κ3) is 1.99. The Kier molecular flexibility index (Phi) is 3.06. The minimum Gasteiger partial charge on any atom is -0.461 e. The zero-order valence-electron chi connectivity index (χ0n) is 9.16. The molecule has 0 unspecified atom stereocenters. The lowest BCUT2D eigenvalue weighted by molar-refractivity contribution is 0.522. The average Bonchev–Trinajstić information content (AvgIpc) is 2.71. The molecule has 0 aliphatic heterocycles. The third-order valence-electron chi connectivity index (χ3n) is 2.59. The molecule has 0 radical (unpaired) electrons. The molecule has 2 N–H and O–H groups in total. The largest absolute Gasteiger partial charge is 0.461 e. The minimum atomic E-state index is -0.214. The van der Waals surface area contributed by atoms with Crippen molar-refractivity contribution in [3.05, 3.63) is 47.5 Å². The van der Waals surface area contributed by atoms with Crippen molar-refractivity contribution in [2.75, 3.05) is 6.54 Å². The smallest absolute Gasteiger partial charge is 0.134 e. The number of halogens is 1. The molecule has 0 spiro atoms. The molecule has 1 aromatic carbocycles. The van der Waals surface area contributed by atoms with Gasteiger partial charge in [0, 0.05) is 12.0 Å². The lowest BCUT2D eigenvalue weighted by Crippen LogP contribution is -2.01. The highest BCUT2D eigenvalue weighted by Crippen LogP contribution is 2.26. The number of nitrogens with two attached hydrogens (primary N) is 1. The summed E-state index contributed by atoms with van der Waals surface area (Å²) >= 11 is 0. The summed E-state index contributed by atoms with van der Waals surface area (Å²) < 4.78 is 19.0. The first kappa shape index (κ1) is 10.9. The number of furan rings is 1. The lowest BCUT2D eigenvalue weighted by Gasteiger charge is -2.03. The maximum absolute atomic E-state index is 13.4. The van der Waals surface area contributed by atoms with Gasteiger partial charge in [0.15, 0.2) is 0 Å². The Balaban J connectivity index is 2.39. The maximum Gasteiger partial charge on any atom is 0.134 e. The van der Waals surface area contributed by atoms with E-state index in [1.165, 1.54) is 6.07 Å². The van der Waals surface area contributed by atoms with E-state index in [0.717, 1.165) is 11.3 Å². The van der Waals surface area contributed by atoms with E-state index in [2.05, 4.69) is 0 Å². The number of hydrogen-bond donors (Lipinski definition) is 1. The summed E-state index contributed by atoms with van der Waals surface area (Å²) in [6.45, 7) is 2.30. The quantitative estimate of drug-likeness (QED) is 0.862. The van der Waals surface area contributed by atoms with E-state index in [0.29, 0.717) is 24.3 Å². The number of rotatable bonds is 3. The first-order valence-electron chi connectivity index (χ1n) is 5.26. The van der Waals surface area contributed by atoms with E-state index in [-0.39, 0.29) is 5.82 Å². The van der Waals surface area contributed by atoms with E-state index in [1.54, 1.807) is 13.0 Å². The molecule has 2 rings (SSSR count). The standard InChI is InChI=1S/C13H14FNO/c1-9-11(3-2-4-12(9)14)13-6-5-10(16-13)7-8-15/h2-6H,7-8,15H2,1H3. The van der Waals surface area contributed by atoms with Crippen molar-refractivity contribution >= 4 is 0 Å². The van der Waals surface area contributed by atoms with Gasteiger partial charge < -0.3 is 10.2 Å². The molecule has 0 saturated heterocycles. The van der Waals surface area contributed by atoms with Gasteiger partial charge in [-0.3, -0.25) is 0 Å². The Hall–Kier alpha value is -1.61. The van der Waals surface area contributed by atoms with Crippen LogP contribution in [-0.4, -0.2) is 6.54 Å². The van der Waals surface area contributed by atoms with Crippen LogP contribution in [-0.2, 0) is 6.42 Å². The SMILES string of the molecule is Cc1c(F)cccc1-c1ccc(CCN)o1. The molecule has 0 aliphatic rings. The molecule has 2 aromatic rings. The second kappa shape index (κ2) is 4.49. The summed E-state index contributed by atoms with van der Waals surface area (Å²) in [5, 5.41) is 0. The molecule has 0 amide bonds. The van der Waals surface area contributed by atoms with E-state index < -0.39 is 0 Å². The second-order valence-corrected chi connectivity index (χ2v) is 3.72. The monoisotopic (exact) mass is 219 g/mol. The van der Waals surface area contributed by atoms with Gasteiger partial charge in [-0.1, -0.05) is 12.1 Å². The topological polar surface area (TPSA) is 39.2 Å². The van der Waals surface area contributed by atoms with Crippen LogP contribution >= 0.6 is 0 Å². The molecule has 0 bridgehead atoms. The van der Waals surface area contributed by atoms with Gasteiger partial charge in [-0.2, -0.15) is 0 Å². The fraction of sp³-hybridized carbons (Fsp3) is 0.231. The van der Waals surface area contributed by atoms with Gasteiger partial charge in [0.2, 0.25) is 0 Å². The van der Waals surface area contributed by atoms with Gasteiger partial charge in [0.1, 0.15) is 17.3 Å². The Bertz CT molecular complexity index is 490. The van der Waals surface area contributed by atoms with Crippen LogP contribution in [0.4, 0.5) is 4.39 Å². The molecular weight excluding hydrogens is 205 g/mol. The normalized spacial score (nSPS) is 10.7. The van der Waals surface area contributed by atoms with Gasteiger partial charge in [0.05, 0.1) is 0 Å². The average molecular weight is 219 g/mol. The summed E-state index contributed by atoms with van der Waals surface area (Å²) in [5.41, 5.74) is 6.84. The van der Waals surface area contributed by atoms with Crippen LogP contribution in [0.15, 0.2) is 34.7 Å². The molecule has 16 heavy (non-hydrogen) atoms. The molecule has 0 atom stereocenters. The lowest BCUT2D eigenvalue weighted by atomic mass is 10.1. The summed E-state index contributed by atoms with van der Waals surface area (Å²) in [6.07, 6.45) is 0.703. The molecule has 84 valence electrons. The Morgan fingerprint density at radius 1 is 1.25 bits per heavy atom. The molecule has 1 heterocycles. The maximum atomic E-state index is 13.4. The van der Waals surface area contributed by atoms with Crippen LogP contribution in [0.3, 0.4) is 0 Å². The van der Waals surface area contributed by atoms with Crippen molar-refractivity contribution in [3.8, 4) is 11.3 Å². The summed E-state index contributed by atoms with van der Waals surface area (Å²) in [5.74, 6) is 1.32. The van der Waals surface area contributed by atoms with E-state index in [4.69, 9.17) is 10.2 Å². The van der Waals surface area contributed by atoms with Gasteiger partial charge >= 0.3 is 0 Å². The van der Waals surface area contributed by atoms with Crippen LogP contribution in [0.2, 0.25) is 0 Å². The second-order valence-electron chi connectivity index (χ2n) is 3.72. The predicted octanol–water partition coefficient (Wildman–Crippen LogP) is 2.90. The molecule has 0 fully saturated rings. The van der Waals surface area contributed by atoms with Crippen LogP contribution in [0.25, 0.3) is 11.3 Å². The van der Waals surface area contributed by atoms with E-state index in [9.17, 15) is 4.39 Å². The predicted molar refractivity (Wildman–Crippen MR) is 61.6 cm³/mol. The first-order valence-corrected chi connectivity index (χ1v) is 5.26. The van der Waals surface area contributed by atoms with Gasteiger partial charge in [0.25, 0.3) is 0 Å². The zero-order chi connectivity index (χ0) is 11.5. The van der Waals surface area contributed by atoms with Crippen molar-refractivity contribution in [1.82, 2.24) is 0 Å². The van der Waals surface area contributed by atoms with Crippen molar-refractivity contribution in [3.63, 3.8) is 0 Å². The zero-order valence-corrected chi connectivity index (χ0v) is 9.16. The van der Waals surface area contributed by atoms with Gasteiger partial charge in [-0.15, -0.1) is 0 Å². The number of benzene rings is 1. The highest BCUT2D eigenvalue weighted by molar-refractivity contribution is 5.62. The molecular formula is C13H14FNO. The van der Waals surface area contributed by atoms with Crippen molar-refractivity contribution in [2.45, 2.75) is 13.3 Å². The van der Waals surface area contributed by atoms with Crippen LogP contribution < -0.4 is 5.73 Å². The van der Waals surface area contributed by atoms with Crippen molar-refractivity contribution in [2.24, 2.45) is 5.73 Å². The molecule has 1 aromatic heterocycles. The van der Waals surface area contributed by atoms with Crippen molar-refractivity contribution < 1.29 is 8.81 Å². The van der Waals surface area contributed by atoms with E-state index >= 15 is 0 Å². The van der Waals surface area contributed by atoms with Crippen LogP contribution in [0, 0.1) is 12.7 Å². The summed E-state index contributed by atoms with van der Waals surface area (Å²) in [6, 6.07) is 8.72. The Labute approximate surface area is 93.9 Å². The fourth-order valence-corrected chi connectivity index (χ4v) is 1.67. The van der Waals surface area contributed by atoms with Crippen LogP contribution in [0.1, 0.15) is 11.3 Å².